The van der Waals surface area contributed by atoms with Crippen LogP contribution in [0.15, 0.2) is 24.4 Å². The highest BCUT2D eigenvalue weighted by molar-refractivity contribution is 5.64. The maximum atomic E-state index is 5.47. The monoisotopic (exact) mass is 257 g/mol. The van der Waals surface area contributed by atoms with Crippen molar-refractivity contribution in [1.82, 2.24) is 15.1 Å². The topological polar surface area (TPSA) is 39.1 Å². The molecule has 4 heteroatoms. The van der Waals surface area contributed by atoms with Gasteiger partial charge in [0.2, 0.25) is 0 Å². The number of aryl methyl sites for hydroxylation is 1. The molecule has 0 fully saturated rings. The fourth-order valence-electron chi connectivity index (χ4n) is 2.49. The van der Waals surface area contributed by atoms with Gasteiger partial charge >= 0.3 is 0 Å². The lowest BCUT2D eigenvalue weighted by Crippen LogP contribution is -2.11. The van der Waals surface area contributed by atoms with E-state index in [0.717, 1.165) is 32.0 Å². The van der Waals surface area contributed by atoms with Crippen LogP contribution in [0.1, 0.15) is 23.6 Å². The van der Waals surface area contributed by atoms with Gasteiger partial charge in [-0.25, -0.2) is 0 Å². The SMILES string of the molecule is CCNCc1cn(C)nc1-c1ccc2c(c1)COC2. The summed E-state index contributed by atoms with van der Waals surface area (Å²) >= 11 is 0. The third-order valence-corrected chi connectivity index (χ3v) is 3.46. The summed E-state index contributed by atoms with van der Waals surface area (Å²) in [4.78, 5) is 0. The molecule has 1 N–H and O–H groups in total. The lowest BCUT2D eigenvalue weighted by Gasteiger charge is -2.05. The van der Waals surface area contributed by atoms with Crippen LogP contribution in [0.25, 0.3) is 11.3 Å². The van der Waals surface area contributed by atoms with Crippen molar-refractivity contribution in [2.75, 3.05) is 6.54 Å². The average Bonchev–Trinajstić information content (AvgIpc) is 3.01. The molecule has 100 valence electrons. The summed E-state index contributed by atoms with van der Waals surface area (Å²) in [6.07, 6.45) is 2.09. The molecule has 0 bridgehead atoms. The fraction of sp³-hybridized carbons (Fsp3) is 0.400. The summed E-state index contributed by atoms with van der Waals surface area (Å²) in [7, 11) is 1.97. The lowest BCUT2D eigenvalue weighted by atomic mass is 10.0. The van der Waals surface area contributed by atoms with Crippen molar-refractivity contribution in [3.8, 4) is 11.3 Å². The predicted molar refractivity (Wildman–Crippen MR) is 74.5 cm³/mol. The summed E-state index contributed by atoms with van der Waals surface area (Å²) in [5.74, 6) is 0. The first kappa shape index (κ1) is 12.4. The van der Waals surface area contributed by atoms with E-state index in [1.165, 1.54) is 22.3 Å². The third-order valence-electron chi connectivity index (χ3n) is 3.46. The van der Waals surface area contributed by atoms with Crippen molar-refractivity contribution in [1.29, 1.82) is 0 Å². The van der Waals surface area contributed by atoms with Crippen molar-refractivity contribution in [2.24, 2.45) is 7.05 Å². The molecule has 2 heterocycles. The summed E-state index contributed by atoms with van der Waals surface area (Å²) in [5, 5.41) is 7.96. The van der Waals surface area contributed by atoms with Crippen LogP contribution in [0.3, 0.4) is 0 Å². The van der Waals surface area contributed by atoms with Crippen molar-refractivity contribution in [2.45, 2.75) is 26.7 Å². The first-order valence-electron chi connectivity index (χ1n) is 6.71. The largest absolute Gasteiger partial charge is 0.372 e. The minimum atomic E-state index is 0.721. The van der Waals surface area contributed by atoms with Crippen LogP contribution in [0.5, 0.6) is 0 Å². The van der Waals surface area contributed by atoms with Crippen LogP contribution in [-0.4, -0.2) is 16.3 Å². The molecule has 0 spiro atoms. The third kappa shape index (κ3) is 2.41. The summed E-state index contributed by atoms with van der Waals surface area (Å²) in [6.45, 7) is 5.39. The highest BCUT2D eigenvalue weighted by atomic mass is 16.5. The Balaban J connectivity index is 1.97. The van der Waals surface area contributed by atoms with Crippen molar-refractivity contribution in [3.63, 3.8) is 0 Å². The maximum Gasteiger partial charge on any atom is 0.0968 e. The van der Waals surface area contributed by atoms with Crippen molar-refractivity contribution in [3.05, 3.63) is 41.1 Å². The van der Waals surface area contributed by atoms with Gasteiger partial charge in [-0.05, 0) is 23.7 Å². The van der Waals surface area contributed by atoms with E-state index < -0.39 is 0 Å². The standard InChI is InChI=1S/C15H19N3O/c1-3-16-7-14-8-18(2)17-15(14)11-4-5-12-9-19-10-13(12)6-11/h4-6,8,16H,3,7,9-10H2,1-2H3. The molecular weight excluding hydrogens is 238 g/mol. The molecule has 1 aliphatic rings. The van der Waals surface area contributed by atoms with E-state index in [1.807, 2.05) is 11.7 Å². The molecule has 0 unspecified atom stereocenters. The van der Waals surface area contributed by atoms with Crippen LogP contribution in [0.2, 0.25) is 0 Å². The Morgan fingerprint density at radius 2 is 2.16 bits per heavy atom. The second-order valence-electron chi connectivity index (χ2n) is 4.93. The number of hydrogen-bond acceptors (Lipinski definition) is 3. The molecule has 0 radical (unpaired) electrons. The molecule has 0 amide bonds. The number of nitrogens with zero attached hydrogens (tertiary/aromatic N) is 2. The van der Waals surface area contributed by atoms with Gasteiger partial charge in [0, 0.05) is 30.9 Å². The number of fused-ring (bicyclic) bond motifs is 1. The Hall–Kier alpha value is -1.65. The molecule has 0 saturated carbocycles. The number of ether oxygens (including phenoxy) is 1. The molecule has 3 rings (SSSR count). The first-order valence-corrected chi connectivity index (χ1v) is 6.71. The summed E-state index contributed by atoms with van der Waals surface area (Å²) in [6, 6.07) is 6.51. The zero-order valence-corrected chi connectivity index (χ0v) is 11.4. The Labute approximate surface area is 113 Å². The van der Waals surface area contributed by atoms with Gasteiger partial charge in [0.25, 0.3) is 0 Å². The van der Waals surface area contributed by atoms with Crippen LogP contribution >= 0.6 is 0 Å². The lowest BCUT2D eigenvalue weighted by molar-refractivity contribution is 0.134. The van der Waals surface area contributed by atoms with Gasteiger partial charge in [-0.1, -0.05) is 19.1 Å². The summed E-state index contributed by atoms with van der Waals surface area (Å²) in [5.41, 5.74) is 6.07. The van der Waals surface area contributed by atoms with Crippen LogP contribution in [0.4, 0.5) is 0 Å². The molecule has 1 aromatic carbocycles. The Morgan fingerprint density at radius 1 is 1.32 bits per heavy atom. The van der Waals surface area contributed by atoms with Crippen LogP contribution in [0, 0.1) is 0 Å². The van der Waals surface area contributed by atoms with Gasteiger partial charge in [-0.15, -0.1) is 0 Å². The Morgan fingerprint density at radius 3 is 3.00 bits per heavy atom. The minimum absolute atomic E-state index is 0.721. The van der Waals surface area contributed by atoms with Gasteiger partial charge in [0.05, 0.1) is 18.9 Å². The van der Waals surface area contributed by atoms with E-state index in [-0.39, 0.29) is 0 Å². The Bertz CT molecular complexity index is 589. The zero-order chi connectivity index (χ0) is 13.2. The van der Waals surface area contributed by atoms with Gasteiger partial charge in [-0.2, -0.15) is 5.10 Å². The average molecular weight is 257 g/mol. The Kier molecular flexibility index (Phi) is 3.36. The van der Waals surface area contributed by atoms with Crippen molar-refractivity contribution < 1.29 is 4.74 Å². The molecule has 19 heavy (non-hydrogen) atoms. The number of rotatable bonds is 4. The number of hydrogen-bond donors (Lipinski definition) is 1. The number of aromatic nitrogens is 2. The fourth-order valence-corrected chi connectivity index (χ4v) is 2.49. The van der Waals surface area contributed by atoms with Gasteiger partial charge in [-0.3, -0.25) is 4.68 Å². The van der Waals surface area contributed by atoms with Crippen molar-refractivity contribution >= 4 is 0 Å². The molecule has 2 aromatic rings. The first-order chi connectivity index (χ1) is 9.28. The molecule has 1 aliphatic heterocycles. The van der Waals surface area contributed by atoms with E-state index in [0.29, 0.717) is 0 Å². The van der Waals surface area contributed by atoms with Gasteiger partial charge < -0.3 is 10.1 Å². The van der Waals surface area contributed by atoms with E-state index in [1.54, 1.807) is 0 Å². The highest BCUT2D eigenvalue weighted by Crippen LogP contribution is 2.28. The molecular formula is C15H19N3O. The maximum absolute atomic E-state index is 5.47. The normalized spacial score (nSPS) is 13.8. The van der Waals surface area contributed by atoms with E-state index in [9.17, 15) is 0 Å². The highest BCUT2D eigenvalue weighted by Gasteiger charge is 2.15. The molecule has 0 aliphatic carbocycles. The quantitative estimate of drug-likeness (QED) is 0.913. The molecule has 0 saturated heterocycles. The van der Waals surface area contributed by atoms with Crippen LogP contribution in [-0.2, 0) is 31.5 Å². The smallest absolute Gasteiger partial charge is 0.0968 e. The van der Waals surface area contributed by atoms with Gasteiger partial charge in [0.1, 0.15) is 0 Å². The molecule has 4 nitrogen and oxygen atoms in total. The second-order valence-corrected chi connectivity index (χ2v) is 4.93. The van der Waals surface area contributed by atoms with Gasteiger partial charge in [0.15, 0.2) is 0 Å². The van der Waals surface area contributed by atoms with E-state index in [2.05, 4.69) is 41.7 Å². The number of benzene rings is 1. The second kappa shape index (κ2) is 5.15. The van der Waals surface area contributed by atoms with E-state index in [4.69, 9.17) is 4.74 Å². The van der Waals surface area contributed by atoms with Crippen LogP contribution < -0.4 is 5.32 Å². The minimum Gasteiger partial charge on any atom is -0.372 e. The molecule has 0 atom stereocenters. The number of nitrogens with one attached hydrogen (secondary N) is 1. The summed E-state index contributed by atoms with van der Waals surface area (Å²) < 4.78 is 7.35. The van der Waals surface area contributed by atoms with E-state index >= 15 is 0 Å². The predicted octanol–water partition coefficient (Wildman–Crippen LogP) is 2.23. The zero-order valence-electron chi connectivity index (χ0n) is 11.4. The molecule has 1 aromatic heterocycles.